The Bertz CT molecular complexity index is 364. The van der Waals surface area contributed by atoms with Gasteiger partial charge >= 0.3 is 0 Å². The zero-order valence-electron chi connectivity index (χ0n) is 8.59. The SMILES string of the molecule is COc1ccc(C(=O)C(Br)CBr)cc1C. The van der Waals surface area contributed by atoms with Crippen LogP contribution in [0.15, 0.2) is 18.2 Å². The number of rotatable bonds is 4. The standard InChI is InChI=1S/C11H12Br2O2/c1-7-5-8(3-4-10(7)15-2)11(14)9(13)6-12/h3-5,9H,6H2,1-2H3. The van der Waals surface area contributed by atoms with Crippen molar-refractivity contribution in [3.05, 3.63) is 29.3 Å². The summed E-state index contributed by atoms with van der Waals surface area (Å²) in [6, 6.07) is 5.44. The van der Waals surface area contributed by atoms with Gasteiger partial charge < -0.3 is 4.74 Å². The molecule has 0 saturated carbocycles. The third-order valence-electron chi connectivity index (χ3n) is 2.10. The number of hydrogen-bond acceptors (Lipinski definition) is 2. The Hall–Kier alpha value is -0.350. The molecule has 4 heteroatoms. The van der Waals surface area contributed by atoms with Crippen LogP contribution in [0.4, 0.5) is 0 Å². The summed E-state index contributed by atoms with van der Waals surface area (Å²) in [6.07, 6.45) is 0. The summed E-state index contributed by atoms with van der Waals surface area (Å²) < 4.78 is 5.13. The first-order valence-corrected chi connectivity index (χ1v) is 6.52. The molecule has 0 spiro atoms. The number of ketones is 1. The fraction of sp³-hybridized carbons (Fsp3) is 0.364. The predicted molar refractivity (Wildman–Crippen MR) is 68.6 cm³/mol. The zero-order chi connectivity index (χ0) is 11.4. The van der Waals surface area contributed by atoms with E-state index in [9.17, 15) is 4.79 Å². The molecule has 0 N–H and O–H groups in total. The summed E-state index contributed by atoms with van der Waals surface area (Å²) >= 11 is 6.58. The molecule has 0 saturated heterocycles. The maximum Gasteiger partial charge on any atom is 0.177 e. The largest absolute Gasteiger partial charge is 0.496 e. The summed E-state index contributed by atoms with van der Waals surface area (Å²) in [5.74, 6) is 0.883. The van der Waals surface area contributed by atoms with Crippen molar-refractivity contribution in [3.63, 3.8) is 0 Å². The molecule has 0 amide bonds. The predicted octanol–water partition coefficient (Wildman–Crippen LogP) is 3.34. The highest BCUT2D eigenvalue weighted by atomic mass is 79.9. The normalized spacial score (nSPS) is 12.3. The lowest BCUT2D eigenvalue weighted by molar-refractivity contribution is 0.0997. The van der Waals surface area contributed by atoms with Gasteiger partial charge in [-0.3, -0.25) is 4.79 Å². The van der Waals surface area contributed by atoms with Crippen LogP contribution < -0.4 is 4.74 Å². The third kappa shape index (κ3) is 3.05. The van der Waals surface area contributed by atoms with Gasteiger partial charge in [0.15, 0.2) is 5.78 Å². The molecule has 0 aliphatic carbocycles. The molecule has 1 rings (SSSR count). The number of ether oxygens (including phenoxy) is 1. The first-order chi connectivity index (χ1) is 7.10. The van der Waals surface area contributed by atoms with E-state index in [4.69, 9.17) is 4.74 Å². The molecule has 0 aliphatic rings. The summed E-state index contributed by atoms with van der Waals surface area (Å²) in [7, 11) is 1.62. The second kappa shape index (κ2) is 5.66. The lowest BCUT2D eigenvalue weighted by Gasteiger charge is -2.08. The van der Waals surface area contributed by atoms with Gasteiger partial charge in [-0.25, -0.2) is 0 Å². The van der Waals surface area contributed by atoms with Gasteiger partial charge in [0.1, 0.15) is 5.75 Å². The summed E-state index contributed by atoms with van der Waals surface area (Å²) in [4.78, 5) is 11.6. The van der Waals surface area contributed by atoms with Crippen LogP contribution >= 0.6 is 31.9 Å². The fourth-order valence-electron chi connectivity index (χ4n) is 1.28. The van der Waals surface area contributed by atoms with E-state index >= 15 is 0 Å². The fourth-order valence-corrected chi connectivity index (χ4v) is 1.84. The minimum absolute atomic E-state index is 0.0811. The van der Waals surface area contributed by atoms with E-state index in [0.29, 0.717) is 10.9 Å². The van der Waals surface area contributed by atoms with Crippen LogP contribution in [0.5, 0.6) is 5.75 Å². The van der Waals surface area contributed by atoms with Crippen molar-refractivity contribution in [1.82, 2.24) is 0 Å². The molecule has 0 aromatic heterocycles. The Morgan fingerprint density at radius 2 is 2.20 bits per heavy atom. The lowest BCUT2D eigenvalue weighted by atomic mass is 10.1. The Balaban J connectivity index is 2.97. The van der Waals surface area contributed by atoms with Crippen molar-refractivity contribution in [2.45, 2.75) is 11.8 Å². The molecule has 15 heavy (non-hydrogen) atoms. The minimum Gasteiger partial charge on any atom is -0.496 e. The molecule has 0 aliphatic heterocycles. The summed E-state index contributed by atoms with van der Waals surface area (Å²) in [5.41, 5.74) is 1.67. The Labute approximate surface area is 106 Å². The van der Waals surface area contributed by atoms with Crippen molar-refractivity contribution in [3.8, 4) is 5.75 Å². The highest BCUT2D eigenvalue weighted by Gasteiger charge is 2.16. The highest BCUT2D eigenvalue weighted by Crippen LogP contribution is 2.21. The van der Waals surface area contributed by atoms with E-state index < -0.39 is 0 Å². The number of Topliss-reactive ketones (excluding diaryl/α,β-unsaturated/α-hetero) is 1. The Morgan fingerprint density at radius 1 is 1.53 bits per heavy atom. The molecule has 1 aromatic rings. The minimum atomic E-state index is -0.176. The van der Waals surface area contributed by atoms with E-state index in [1.165, 1.54) is 0 Å². The number of carbonyl (C=O) groups is 1. The van der Waals surface area contributed by atoms with Crippen molar-refractivity contribution < 1.29 is 9.53 Å². The van der Waals surface area contributed by atoms with E-state index in [1.54, 1.807) is 13.2 Å². The van der Waals surface area contributed by atoms with E-state index in [2.05, 4.69) is 31.9 Å². The molecule has 1 unspecified atom stereocenters. The molecule has 0 radical (unpaired) electrons. The van der Waals surface area contributed by atoms with Gasteiger partial charge in [0.25, 0.3) is 0 Å². The van der Waals surface area contributed by atoms with E-state index in [1.807, 2.05) is 19.1 Å². The Morgan fingerprint density at radius 3 is 2.67 bits per heavy atom. The average Bonchev–Trinajstić information content (AvgIpc) is 2.26. The molecule has 2 nitrogen and oxygen atoms in total. The number of methoxy groups -OCH3 is 1. The quantitative estimate of drug-likeness (QED) is 0.623. The van der Waals surface area contributed by atoms with E-state index in [0.717, 1.165) is 11.3 Å². The second-order valence-corrected chi connectivity index (χ2v) is 4.92. The molecular weight excluding hydrogens is 324 g/mol. The van der Waals surface area contributed by atoms with Gasteiger partial charge in [0.2, 0.25) is 0 Å². The number of aryl methyl sites for hydroxylation is 1. The average molecular weight is 336 g/mol. The smallest absolute Gasteiger partial charge is 0.177 e. The molecule has 82 valence electrons. The first kappa shape index (κ1) is 12.7. The Kier molecular flexibility index (Phi) is 4.80. The molecule has 1 aromatic carbocycles. The van der Waals surface area contributed by atoms with Crippen LogP contribution in [-0.2, 0) is 0 Å². The maximum atomic E-state index is 11.8. The molecule has 0 fully saturated rings. The molecule has 0 heterocycles. The molecule has 1 atom stereocenters. The molecule has 0 bridgehead atoms. The van der Waals surface area contributed by atoms with Gasteiger partial charge in [-0.1, -0.05) is 31.9 Å². The monoisotopic (exact) mass is 334 g/mol. The maximum absolute atomic E-state index is 11.8. The van der Waals surface area contributed by atoms with Crippen LogP contribution in [-0.4, -0.2) is 23.1 Å². The van der Waals surface area contributed by atoms with Gasteiger partial charge in [0.05, 0.1) is 11.9 Å². The lowest BCUT2D eigenvalue weighted by Crippen LogP contribution is -2.15. The summed E-state index contributed by atoms with van der Waals surface area (Å²) in [5, 5.41) is 0.608. The van der Waals surface area contributed by atoms with Gasteiger partial charge in [0, 0.05) is 10.9 Å². The van der Waals surface area contributed by atoms with Crippen molar-refractivity contribution in [2.24, 2.45) is 0 Å². The molecular formula is C11H12Br2O2. The van der Waals surface area contributed by atoms with Crippen LogP contribution in [0.25, 0.3) is 0 Å². The summed E-state index contributed by atoms with van der Waals surface area (Å²) in [6.45, 7) is 1.92. The van der Waals surface area contributed by atoms with Crippen LogP contribution in [0, 0.1) is 6.92 Å². The van der Waals surface area contributed by atoms with Gasteiger partial charge in [-0.15, -0.1) is 0 Å². The number of benzene rings is 1. The second-order valence-electron chi connectivity index (χ2n) is 3.17. The van der Waals surface area contributed by atoms with Crippen LogP contribution in [0.2, 0.25) is 0 Å². The van der Waals surface area contributed by atoms with E-state index in [-0.39, 0.29) is 10.6 Å². The van der Waals surface area contributed by atoms with Crippen molar-refractivity contribution >= 4 is 37.6 Å². The highest BCUT2D eigenvalue weighted by molar-refractivity contribution is 9.12. The number of carbonyl (C=O) groups excluding carboxylic acids is 1. The van der Waals surface area contributed by atoms with Crippen molar-refractivity contribution in [2.75, 3.05) is 12.4 Å². The number of hydrogen-bond donors (Lipinski definition) is 0. The van der Waals surface area contributed by atoms with Crippen LogP contribution in [0.1, 0.15) is 15.9 Å². The number of halogens is 2. The topological polar surface area (TPSA) is 26.3 Å². The number of alkyl halides is 2. The third-order valence-corrected chi connectivity index (χ3v) is 4.36. The first-order valence-electron chi connectivity index (χ1n) is 4.49. The van der Waals surface area contributed by atoms with Gasteiger partial charge in [-0.2, -0.15) is 0 Å². The zero-order valence-corrected chi connectivity index (χ0v) is 11.8. The van der Waals surface area contributed by atoms with Gasteiger partial charge in [-0.05, 0) is 30.7 Å². The van der Waals surface area contributed by atoms with Crippen LogP contribution in [0.3, 0.4) is 0 Å². The van der Waals surface area contributed by atoms with Crippen molar-refractivity contribution in [1.29, 1.82) is 0 Å².